The molecule has 0 spiro atoms. The second-order valence-electron chi connectivity index (χ2n) is 3.38. The van der Waals surface area contributed by atoms with Gasteiger partial charge in [0.25, 0.3) is 0 Å². The lowest BCUT2D eigenvalue weighted by Gasteiger charge is -2.11. The van der Waals surface area contributed by atoms with E-state index in [9.17, 15) is 0 Å². The monoisotopic (exact) mass is 319 g/mol. The summed E-state index contributed by atoms with van der Waals surface area (Å²) in [6, 6.07) is 5.17. The van der Waals surface area contributed by atoms with Crippen molar-refractivity contribution >= 4 is 52.5 Å². The molecule has 2 N–H and O–H groups in total. The number of hydrogen-bond donors (Lipinski definition) is 1. The van der Waals surface area contributed by atoms with Gasteiger partial charge in [-0.1, -0.05) is 40.9 Å². The molecule has 0 unspecified atom stereocenters. The maximum Gasteiger partial charge on any atom is 0.222 e. The highest BCUT2D eigenvalue weighted by Gasteiger charge is 2.16. The lowest BCUT2D eigenvalue weighted by atomic mass is 10.1. The van der Waals surface area contributed by atoms with Crippen molar-refractivity contribution in [3.05, 3.63) is 33.4 Å². The van der Waals surface area contributed by atoms with E-state index in [0.717, 1.165) is 5.56 Å². The van der Waals surface area contributed by atoms with E-state index in [1.165, 1.54) is 11.8 Å². The fourth-order valence-electron chi connectivity index (χ4n) is 1.50. The highest BCUT2D eigenvalue weighted by molar-refractivity contribution is 7.98. The maximum absolute atomic E-state index is 6.17. The van der Waals surface area contributed by atoms with E-state index in [4.69, 9.17) is 40.5 Å². The Balaban J connectivity index is 2.70. The van der Waals surface area contributed by atoms with Crippen molar-refractivity contribution in [3.8, 4) is 11.1 Å². The number of nitrogen functional groups attached to an aromatic ring is 1. The van der Waals surface area contributed by atoms with E-state index < -0.39 is 0 Å². The van der Waals surface area contributed by atoms with Crippen LogP contribution in [0.4, 0.5) is 5.95 Å². The van der Waals surface area contributed by atoms with Crippen molar-refractivity contribution in [1.82, 2.24) is 9.97 Å². The molecule has 1 aromatic carbocycles. The zero-order valence-electron chi connectivity index (χ0n) is 9.25. The largest absolute Gasteiger partial charge is 0.368 e. The van der Waals surface area contributed by atoms with E-state index in [0.29, 0.717) is 20.6 Å². The summed E-state index contributed by atoms with van der Waals surface area (Å²) in [5, 5.41) is 2.00. The van der Waals surface area contributed by atoms with Gasteiger partial charge in [0.2, 0.25) is 5.95 Å². The first-order valence-electron chi connectivity index (χ1n) is 4.85. The molecule has 0 aliphatic rings. The fraction of sp³-hybridized carbons (Fsp3) is 0.0909. The SMILES string of the molecule is CSc1nc(N)nc(Cl)c1-c1ccc(Cl)cc1Cl. The third kappa shape index (κ3) is 2.67. The van der Waals surface area contributed by atoms with Crippen molar-refractivity contribution in [1.29, 1.82) is 0 Å². The average molecular weight is 321 g/mol. The molecule has 7 heteroatoms. The van der Waals surface area contributed by atoms with Crippen LogP contribution in [0, 0.1) is 0 Å². The molecule has 1 heterocycles. The van der Waals surface area contributed by atoms with Crippen LogP contribution in [-0.2, 0) is 0 Å². The van der Waals surface area contributed by atoms with Gasteiger partial charge in [0, 0.05) is 10.6 Å². The number of thioether (sulfide) groups is 1. The number of hydrogen-bond acceptors (Lipinski definition) is 4. The average Bonchev–Trinajstić information content (AvgIpc) is 2.29. The van der Waals surface area contributed by atoms with E-state index in [1.54, 1.807) is 18.2 Å². The zero-order valence-corrected chi connectivity index (χ0v) is 12.3. The molecule has 0 radical (unpaired) electrons. The first-order chi connectivity index (χ1) is 8.52. The van der Waals surface area contributed by atoms with E-state index >= 15 is 0 Å². The topological polar surface area (TPSA) is 51.8 Å². The number of aromatic nitrogens is 2. The van der Waals surface area contributed by atoms with Gasteiger partial charge in [-0.25, -0.2) is 9.97 Å². The summed E-state index contributed by atoms with van der Waals surface area (Å²) >= 11 is 19.6. The summed E-state index contributed by atoms with van der Waals surface area (Å²) < 4.78 is 0. The Labute approximate surface area is 124 Å². The van der Waals surface area contributed by atoms with Crippen LogP contribution in [0.25, 0.3) is 11.1 Å². The summed E-state index contributed by atoms with van der Waals surface area (Å²) in [5.41, 5.74) is 6.97. The van der Waals surface area contributed by atoms with Gasteiger partial charge >= 0.3 is 0 Å². The number of nitrogens with zero attached hydrogens (tertiary/aromatic N) is 2. The molecule has 1 aromatic heterocycles. The van der Waals surface area contributed by atoms with Gasteiger partial charge < -0.3 is 5.73 Å². The minimum Gasteiger partial charge on any atom is -0.368 e. The number of rotatable bonds is 2. The van der Waals surface area contributed by atoms with E-state index in [2.05, 4.69) is 9.97 Å². The van der Waals surface area contributed by atoms with Crippen LogP contribution in [0.3, 0.4) is 0 Å². The van der Waals surface area contributed by atoms with Crippen LogP contribution in [0.1, 0.15) is 0 Å². The predicted molar refractivity (Wildman–Crippen MR) is 78.7 cm³/mol. The zero-order chi connectivity index (χ0) is 13.3. The Morgan fingerprint density at radius 3 is 2.50 bits per heavy atom. The number of anilines is 1. The molecule has 2 rings (SSSR count). The Bertz CT molecular complexity index is 604. The molecule has 0 bridgehead atoms. The quantitative estimate of drug-likeness (QED) is 0.658. The molecule has 0 amide bonds. The molecule has 0 fully saturated rings. The second kappa shape index (κ2) is 5.53. The maximum atomic E-state index is 6.17. The minimum atomic E-state index is 0.137. The van der Waals surface area contributed by atoms with Gasteiger partial charge in [-0.2, -0.15) is 0 Å². The first kappa shape index (κ1) is 13.7. The standard InChI is InChI=1S/C11H8Cl3N3S/c1-18-10-8(9(14)16-11(15)17-10)6-3-2-5(12)4-7(6)13/h2-4H,1H3,(H2,15,16,17). The van der Waals surface area contributed by atoms with E-state index in [1.807, 2.05) is 6.26 Å². The van der Waals surface area contributed by atoms with Crippen LogP contribution >= 0.6 is 46.6 Å². The van der Waals surface area contributed by atoms with E-state index in [-0.39, 0.29) is 11.1 Å². The number of nitrogens with two attached hydrogens (primary N) is 1. The Hall–Kier alpha value is -0.680. The molecular formula is C11H8Cl3N3S. The Kier molecular flexibility index (Phi) is 4.22. The van der Waals surface area contributed by atoms with Gasteiger partial charge in [0.15, 0.2) is 0 Å². The molecule has 0 saturated heterocycles. The summed E-state index contributed by atoms with van der Waals surface area (Å²) in [7, 11) is 0. The van der Waals surface area contributed by atoms with Crippen molar-refractivity contribution in [2.45, 2.75) is 5.03 Å². The fourth-order valence-corrected chi connectivity index (χ4v) is 2.93. The van der Waals surface area contributed by atoms with Gasteiger partial charge in [0.05, 0.1) is 10.6 Å². The molecule has 18 heavy (non-hydrogen) atoms. The third-order valence-electron chi connectivity index (χ3n) is 2.24. The molecule has 0 aliphatic carbocycles. The van der Waals surface area contributed by atoms with Crippen LogP contribution in [0.5, 0.6) is 0 Å². The van der Waals surface area contributed by atoms with Gasteiger partial charge in [-0.3, -0.25) is 0 Å². The van der Waals surface area contributed by atoms with Crippen LogP contribution in [-0.4, -0.2) is 16.2 Å². The van der Waals surface area contributed by atoms with Gasteiger partial charge in [-0.05, 0) is 18.4 Å². The molecule has 94 valence electrons. The van der Waals surface area contributed by atoms with Gasteiger partial charge in [0.1, 0.15) is 10.2 Å². The minimum absolute atomic E-state index is 0.137. The summed E-state index contributed by atoms with van der Waals surface area (Å²) in [6.07, 6.45) is 1.88. The molecule has 0 saturated carbocycles. The summed E-state index contributed by atoms with van der Waals surface area (Å²) in [4.78, 5) is 8.10. The lowest BCUT2D eigenvalue weighted by molar-refractivity contribution is 1.07. The number of halogens is 3. The second-order valence-corrected chi connectivity index (χ2v) is 5.38. The Morgan fingerprint density at radius 1 is 1.17 bits per heavy atom. The molecule has 2 aromatic rings. The first-order valence-corrected chi connectivity index (χ1v) is 7.21. The highest BCUT2D eigenvalue weighted by atomic mass is 35.5. The summed E-state index contributed by atoms with van der Waals surface area (Å²) in [6.45, 7) is 0. The summed E-state index contributed by atoms with van der Waals surface area (Å²) in [5.74, 6) is 0.137. The number of benzene rings is 1. The third-order valence-corrected chi connectivity index (χ3v) is 3.75. The van der Waals surface area contributed by atoms with Crippen molar-refractivity contribution in [2.24, 2.45) is 0 Å². The van der Waals surface area contributed by atoms with Crippen molar-refractivity contribution < 1.29 is 0 Å². The van der Waals surface area contributed by atoms with Crippen molar-refractivity contribution in [3.63, 3.8) is 0 Å². The van der Waals surface area contributed by atoms with Crippen LogP contribution in [0.2, 0.25) is 15.2 Å². The van der Waals surface area contributed by atoms with Crippen LogP contribution < -0.4 is 5.73 Å². The molecule has 0 aliphatic heterocycles. The van der Waals surface area contributed by atoms with Gasteiger partial charge in [-0.15, -0.1) is 11.8 Å². The predicted octanol–water partition coefficient (Wildman–Crippen LogP) is 4.41. The Morgan fingerprint density at radius 2 is 1.89 bits per heavy atom. The smallest absolute Gasteiger partial charge is 0.222 e. The molecular weight excluding hydrogens is 313 g/mol. The normalized spacial score (nSPS) is 10.7. The molecule has 0 atom stereocenters. The lowest BCUT2D eigenvalue weighted by Crippen LogP contribution is -1.99. The van der Waals surface area contributed by atoms with Crippen LogP contribution in [0.15, 0.2) is 23.2 Å². The van der Waals surface area contributed by atoms with Crippen molar-refractivity contribution in [2.75, 3.05) is 12.0 Å². The highest BCUT2D eigenvalue weighted by Crippen LogP contribution is 2.39. The molecule has 3 nitrogen and oxygen atoms in total.